The lowest BCUT2D eigenvalue weighted by Crippen LogP contribution is -2.31. The van der Waals surface area contributed by atoms with Crippen molar-refractivity contribution in [2.45, 2.75) is 13.0 Å². The highest BCUT2D eigenvalue weighted by atomic mass is 35.5. The first-order chi connectivity index (χ1) is 12.7. The highest BCUT2D eigenvalue weighted by Crippen LogP contribution is 2.23. The van der Waals surface area contributed by atoms with E-state index in [1.165, 1.54) is 17.5 Å². The molecule has 0 fully saturated rings. The van der Waals surface area contributed by atoms with Gasteiger partial charge in [-0.3, -0.25) is 4.79 Å². The lowest BCUT2D eigenvalue weighted by Gasteiger charge is -2.29. The number of halogens is 1. The molecule has 3 aromatic rings. The van der Waals surface area contributed by atoms with E-state index in [2.05, 4.69) is 38.4 Å². The molecule has 2 aromatic carbocycles. The summed E-state index contributed by atoms with van der Waals surface area (Å²) in [6.45, 7) is 1.64. The Hall–Kier alpha value is -2.92. The number of fused-ring (bicyclic) bond motifs is 1. The molecule has 0 saturated heterocycles. The van der Waals surface area contributed by atoms with Crippen molar-refractivity contribution in [3.8, 4) is 0 Å². The maximum absolute atomic E-state index is 12.5. The maximum atomic E-state index is 12.5. The molecular formula is C20H17ClN4O. The second-order valence-electron chi connectivity index (χ2n) is 6.17. The fourth-order valence-corrected chi connectivity index (χ4v) is 3.29. The van der Waals surface area contributed by atoms with Gasteiger partial charge in [0, 0.05) is 29.9 Å². The van der Waals surface area contributed by atoms with Gasteiger partial charge in [0.2, 0.25) is 0 Å². The SMILES string of the molecule is O=C(Nc1cccc(Cl)c1)c1cc(N2CCc3ccccc3C2)ncn1. The average Bonchev–Trinajstić information content (AvgIpc) is 2.68. The monoisotopic (exact) mass is 364 g/mol. The van der Waals surface area contributed by atoms with E-state index in [0.29, 0.717) is 16.4 Å². The topological polar surface area (TPSA) is 58.1 Å². The van der Waals surface area contributed by atoms with E-state index in [4.69, 9.17) is 11.6 Å². The Balaban J connectivity index is 1.53. The second kappa shape index (κ2) is 7.14. The van der Waals surface area contributed by atoms with E-state index >= 15 is 0 Å². The minimum absolute atomic E-state index is 0.284. The predicted molar refractivity (Wildman–Crippen MR) is 103 cm³/mol. The molecule has 0 bridgehead atoms. The van der Waals surface area contributed by atoms with Crippen LogP contribution in [0, 0.1) is 0 Å². The zero-order chi connectivity index (χ0) is 17.9. The van der Waals surface area contributed by atoms with Gasteiger partial charge in [0.25, 0.3) is 5.91 Å². The van der Waals surface area contributed by atoms with Crippen molar-refractivity contribution in [3.63, 3.8) is 0 Å². The Labute approximate surface area is 156 Å². The smallest absolute Gasteiger partial charge is 0.274 e. The number of hydrogen-bond donors (Lipinski definition) is 1. The number of nitrogens with one attached hydrogen (secondary N) is 1. The molecule has 0 saturated carbocycles. The Morgan fingerprint density at radius 1 is 1.04 bits per heavy atom. The molecule has 0 spiro atoms. The fraction of sp³-hybridized carbons (Fsp3) is 0.150. The predicted octanol–water partition coefficient (Wildman–Crippen LogP) is 3.95. The Morgan fingerprint density at radius 2 is 1.88 bits per heavy atom. The summed E-state index contributed by atoms with van der Waals surface area (Å²) in [6.07, 6.45) is 2.40. The molecule has 26 heavy (non-hydrogen) atoms. The summed E-state index contributed by atoms with van der Waals surface area (Å²) in [7, 11) is 0. The summed E-state index contributed by atoms with van der Waals surface area (Å²) >= 11 is 5.96. The molecule has 1 aliphatic heterocycles. The average molecular weight is 365 g/mol. The van der Waals surface area contributed by atoms with E-state index in [0.717, 1.165) is 25.3 Å². The summed E-state index contributed by atoms with van der Waals surface area (Å²) in [5, 5.41) is 3.38. The first-order valence-electron chi connectivity index (χ1n) is 8.40. The Kier molecular flexibility index (Phi) is 4.54. The fourth-order valence-electron chi connectivity index (χ4n) is 3.10. The van der Waals surface area contributed by atoms with Crippen LogP contribution in [0.4, 0.5) is 11.5 Å². The van der Waals surface area contributed by atoms with Crippen LogP contribution in [0.2, 0.25) is 5.02 Å². The van der Waals surface area contributed by atoms with Gasteiger partial charge in [-0.2, -0.15) is 0 Å². The van der Waals surface area contributed by atoms with Crippen LogP contribution in [-0.2, 0) is 13.0 Å². The highest BCUT2D eigenvalue weighted by molar-refractivity contribution is 6.30. The lowest BCUT2D eigenvalue weighted by molar-refractivity contribution is 0.102. The molecule has 1 aliphatic rings. The number of carbonyl (C=O) groups excluding carboxylic acids is 1. The van der Waals surface area contributed by atoms with E-state index in [9.17, 15) is 4.79 Å². The largest absolute Gasteiger partial charge is 0.352 e. The first kappa shape index (κ1) is 16.5. The number of rotatable bonds is 3. The van der Waals surface area contributed by atoms with Gasteiger partial charge in [0.15, 0.2) is 0 Å². The number of amides is 1. The van der Waals surface area contributed by atoms with Gasteiger partial charge in [0.05, 0.1) is 0 Å². The van der Waals surface area contributed by atoms with Crippen LogP contribution in [0.15, 0.2) is 60.9 Å². The van der Waals surface area contributed by atoms with Crippen molar-refractivity contribution < 1.29 is 4.79 Å². The summed E-state index contributed by atoms with van der Waals surface area (Å²) in [5.74, 6) is 0.471. The van der Waals surface area contributed by atoms with E-state index in [1.807, 2.05) is 6.07 Å². The molecular weight excluding hydrogens is 348 g/mol. The van der Waals surface area contributed by atoms with Gasteiger partial charge in [-0.15, -0.1) is 0 Å². The third-order valence-electron chi connectivity index (χ3n) is 4.42. The van der Waals surface area contributed by atoms with Gasteiger partial charge in [-0.05, 0) is 35.7 Å². The highest BCUT2D eigenvalue weighted by Gasteiger charge is 2.18. The van der Waals surface area contributed by atoms with Crippen molar-refractivity contribution >= 4 is 29.0 Å². The quantitative estimate of drug-likeness (QED) is 0.764. The van der Waals surface area contributed by atoms with Gasteiger partial charge >= 0.3 is 0 Å². The van der Waals surface area contributed by atoms with Crippen LogP contribution < -0.4 is 10.2 Å². The van der Waals surface area contributed by atoms with Crippen LogP contribution in [0.1, 0.15) is 21.6 Å². The number of hydrogen-bond acceptors (Lipinski definition) is 4. The number of carbonyl (C=O) groups is 1. The van der Waals surface area contributed by atoms with Crippen molar-refractivity contribution in [2.75, 3.05) is 16.8 Å². The van der Waals surface area contributed by atoms with Crippen molar-refractivity contribution in [3.05, 3.63) is 82.8 Å². The van der Waals surface area contributed by atoms with Gasteiger partial charge in [-0.1, -0.05) is 41.9 Å². The molecule has 2 heterocycles. The van der Waals surface area contributed by atoms with E-state index in [-0.39, 0.29) is 5.91 Å². The Bertz CT molecular complexity index is 960. The minimum atomic E-state index is -0.284. The summed E-state index contributed by atoms with van der Waals surface area (Å²) in [6, 6.07) is 17.2. The van der Waals surface area contributed by atoms with Crippen LogP contribution in [-0.4, -0.2) is 22.4 Å². The number of anilines is 2. The Morgan fingerprint density at radius 3 is 2.73 bits per heavy atom. The molecule has 4 rings (SSSR count). The molecule has 6 heteroatoms. The lowest BCUT2D eigenvalue weighted by atomic mass is 10.00. The van der Waals surface area contributed by atoms with Gasteiger partial charge < -0.3 is 10.2 Å². The molecule has 1 amide bonds. The normalized spacial score (nSPS) is 13.2. The maximum Gasteiger partial charge on any atom is 0.274 e. The summed E-state index contributed by atoms with van der Waals surface area (Å²) in [4.78, 5) is 23.1. The first-order valence-corrected chi connectivity index (χ1v) is 8.77. The second-order valence-corrected chi connectivity index (χ2v) is 6.60. The number of benzene rings is 2. The molecule has 0 radical (unpaired) electrons. The minimum Gasteiger partial charge on any atom is -0.352 e. The van der Waals surface area contributed by atoms with E-state index < -0.39 is 0 Å². The molecule has 0 aliphatic carbocycles. The van der Waals surface area contributed by atoms with Gasteiger partial charge in [-0.25, -0.2) is 9.97 Å². The third kappa shape index (κ3) is 3.53. The van der Waals surface area contributed by atoms with Crippen LogP contribution in [0.5, 0.6) is 0 Å². The van der Waals surface area contributed by atoms with Crippen molar-refractivity contribution in [2.24, 2.45) is 0 Å². The third-order valence-corrected chi connectivity index (χ3v) is 4.66. The van der Waals surface area contributed by atoms with Gasteiger partial charge in [0.1, 0.15) is 17.8 Å². The summed E-state index contributed by atoms with van der Waals surface area (Å²) in [5.41, 5.74) is 3.63. The van der Waals surface area contributed by atoms with Crippen LogP contribution in [0.25, 0.3) is 0 Å². The molecule has 0 atom stereocenters. The molecule has 130 valence electrons. The van der Waals surface area contributed by atoms with Crippen LogP contribution >= 0.6 is 11.6 Å². The molecule has 5 nitrogen and oxygen atoms in total. The molecule has 0 unspecified atom stereocenters. The molecule has 1 N–H and O–H groups in total. The zero-order valence-electron chi connectivity index (χ0n) is 14.0. The molecule has 1 aromatic heterocycles. The van der Waals surface area contributed by atoms with Crippen molar-refractivity contribution in [1.29, 1.82) is 0 Å². The van der Waals surface area contributed by atoms with Crippen molar-refractivity contribution in [1.82, 2.24) is 9.97 Å². The van der Waals surface area contributed by atoms with Crippen LogP contribution in [0.3, 0.4) is 0 Å². The zero-order valence-corrected chi connectivity index (χ0v) is 14.8. The number of aromatic nitrogens is 2. The van der Waals surface area contributed by atoms with E-state index in [1.54, 1.807) is 30.3 Å². The standard InChI is InChI=1S/C20H17ClN4O/c21-16-6-3-7-17(10-16)24-20(26)18-11-19(23-13-22-18)25-9-8-14-4-1-2-5-15(14)12-25/h1-7,10-11,13H,8-9,12H2,(H,24,26). The number of nitrogens with zero attached hydrogens (tertiary/aromatic N) is 3. The summed E-state index contributed by atoms with van der Waals surface area (Å²) < 4.78 is 0.